The van der Waals surface area contributed by atoms with E-state index in [0.717, 1.165) is 5.56 Å². The maximum Gasteiger partial charge on any atom is 0.320 e. The van der Waals surface area contributed by atoms with Gasteiger partial charge in [0.2, 0.25) is 0 Å². The van der Waals surface area contributed by atoms with Gasteiger partial charge in [0.15, 0.2) is 0 Å². The van der Waals surface area contributed by atoms with Crippen LogP contribution in [-0.2, 0) is 11.3 Å². The maximum absolute atomic E-state index is 12.2. The van der Waals surface area contributed by atoms with E-state index >= 15 is 0 Å². The van der Waals surface area contributed by atoms with E-state index in [4.69, 9.17) is 5.11 Å². The van der Waals surface area contributed by atoms with Crippen LogP contribution in [0.2, 0.25) is 0 Å². The van der Waals surface area contributed by atoms with Crippen molar-refractivity contribution in [1.82, 2.24) is 9.80 Å². The summed E-state index contributed by atoms with van der Waals surface area (Å²) in [6.45, 7) is 1.66. The lowest BCUT2D eigenvalue weighted by atomic mass is 9.97. The van der Waals surface area contributed by atoms with E-state index in [1.807, 2.05) is 16.8 Å². The zero-order chi connectivity index (χ0) is 13.8. The van der Waals surface area contributed by atoms with Gasteiger partial charge in [-0.2, -0.15) is 11.3 Å². The predicted octanol–water partition coefficient (Wildman–Crippen LogP) is 2.10. The first-order chi connectivity index (χ1) is 9.08. The van der Waals surface area contributed by atoms with Crippen LogP contribution in [-0.4, -0.2) is 47.0 Å². The van der Waals surface area contributed by atoms with Gasteiger partial charge in [0, 0.05) is 26.7 Å². The number of hydrogen-bond donors (Lipinski definition) is 1. The van der Waals surface area contributed by atoms with Crippen LogP contribution in [0.25, 0.3) is 0 Å². The lowest BCUT2D eigenvalue weighted by molar-refractivity contribution is -0.143. The molecule has 1 aliphatic rings. The van der Waals surface area contributed by atoms with E-state index in [-0.39, 0.29) is 11.9 Å². The Morgan fingerprint density at radius 3 is 2.68 bits per heavy atom. The fourth-order valence-electron chi connectivity index (χ4n) is 2.28. The van der Waals surface area contributed by atoms with Gasteiger partial charge in [-0.25, -0.2) is 4.79 Å². The molecule has 0 unspecified atom stereocenters. The molecule has 1 aromatic rings. The number of nitrogens with zero attached hydrogens (tertiary/aromatic N) is 2. The Morgan fingerprint density at radius 2 is 2.16 bits per heavy atom. The predicted molar refractivity (Wildman–Crippen MR) is 73.1 cm³/mol. The molecule has 1 saturated heterocycles. The number of carbonyl (C=O) groups excluding carboxylic acids is 1. The SMILES string of the molecule is CN(Cc1ccsc1)C(=O)N1CCC(C(=O)O)CC1. The van der Waals surface area contributed by atoms with Crippen LogP contribution < -0.4 is 0 Å². The molecular formula is C13H18N2O3S. The molecule has 1 N–H and O–H groups in total. The number of hydrogen-bond acceptors (Lipinski definition) is 3. The largest absolute Gasteiger partial charge is 0.481 e. The van der Waals surface area contributed by atoms with Crippen molar-refractivity contribution >= 4 is 23.3 Å². The molecule has 104 valence electrons. The standard InChI is InChI=1S/C13H18N2O3S/c1-14(8-10-4-7-19-9-10)13(18)15-5-2-11(3-6-15)12(16)17/h4,7,9,11H,2-3,5-6,8H2,1H3,(H,16,17). The van der Waals surface area contributed by atoms with Crippen molar-refractivity contribution in [3.05, 3.63) is 22.4 Å². The Balaban J connectivity index is 1.85. The molecule has 0 saturated carbocycles. The molecule has 0 aliphatic carbocycles. The van der Waals surface area contributed by atoms with Gasteiger partial charge in [-0.05, 0) is 35.2 Å². The quantitative estimate of drug-likeness (QED) is 0.923. The fourth-order valence-corrected chi connectivity index (χ4v) is 2.94. The minimum Gasteiger partial charge on any atom is -0.481 e. The summed E-state index contributed by atoms with van der Waals surface area (Å²) in [4.78, 5) is 26.5. The van der Waals surface area contributed by atoms with Gasteiger partial charge in [-0.15, -0.1) is 0 Å². The van der Waals surface area contributed by atoms with Gasteiger partial charge in [0.25, 0.3) is 0 Å². The van der Waals surface area contributed by atoms with E-state index in [9.17, 15) is 9.59 Å². The number of carboxylic acid groups (broad SMARTS) is 1. The highest BCUT2D eigenvalue weighted by molar-refractivity contribution is 7.07. The summed E-state index contributed by atoms with van der Waals surface area (Å²) >= 11 is 1.62. The van der Waals surface area contributed by atoms with Crippen LogP contribution in [0.3, 0.4) is 0 Å². The van der Waals surface area contributed by atoms with Crippen LogP contribution in [0.4, 0.5) is 4.79 Å². The van der Waals surface area contributed by atoms with E-state index in [1.165, 1.54) is 0 Å². The smallest absolute Gasteiger partial charge is 0.320 e. The Kier molecular flexibility index (Phi) is 4.42. The molecule has 2 amide bonds. The van der Waals surface area contributed by atoms with Gasteiger partial charge in [-0.1, -0.05) is 0 Å². The zero-order valence-electron chi connectivity index (χ0n) is 10.9. The Labute approximate surface area is 116 Å². The number of carbonyl (C=O) groups is 2. The number of carboxylic acids is 1. The second-order valence-corrected chi connectivity index (χ2v) is 5.65. The lowest BCUT2D eigenvalue weighted by Crippen LogP contribution is -2.45. The number of rotatable bonds is 3. The van der Waals surface area contributed by atoms with Crippen molar-refractivity contribution in [2.45, 2.75) is 19.4 Å². The topological polar surface area (TPSA) is 60.9 Å². The molecule has 0 radical (unpaired) electrons. The molecule has 2 rings (SSSR count). The van der Waals surface area contributed by atoms with Crippen LogP contribution in [0.15, 0.2) is 16.8 Å². The second kappa shape index (κ2) is 6.06. The van der Waals surface area contributed by atoms with Gasteiger partial charge < -0.3 is 14.9 Å². The first-order valence-corrected chi connectivity index (χ1v) is 7.26. The molecule has 1 fully saturated rings. The molecule has 5 nitrogen and oxygen atoms in total. The summed E-state index contributed by atoms with van der Waals surface area (Å²) in [5.74, 6) is -1.05. The van der Waals surface area contributed by atoms with E-state index in [0.29, 0.717) is 32.5 Å². The molecule has 6 heteroatoms. The third-order valence-corrected chi connectivity index (χ3v) is 4.17. The highest BCUT2D eigenvalue weighted by atomic mass is 32.1. The first-order valence-electron chi connectivity index (χ1n) is 6.32. The lowest BCUT2D eigenvalue weighted by Gasteiger charge is -2.33. The third kappa shape index (κ3) is 3.47. The molecule has 2 heterocycles. The Morgan fingerprint density at radius 1 is 1.47 bits per heavy atom. The highest BCUT2D eigenvalue weighted by Gasteiger charge is 2.28. The summed E-state index contributed by atoms with van der Waals surface area (Å²) < 4.78 is 0. The summed E-state index contributed by atoms with van der Waals surface area (Å²) in [6.07, 6.45) is 1.10. The molecule has 19 heavy (non-hydrogen) atoms. The maximum atomic E-state index is 12.2. The van der Waals surface area contributed by atoms with Crippen LogP contribution in [0.1, 0.15) is 18.4 Å². The van der Waals surface area contributed by atoms with Gasteiger partial charge in [-0.3, -0.25) is 4.79 Å². The van der Waals surface area contributed by atoms with Crippen molar-refractivity contribution in [2.75, 3.05) is 20.1 Å². The zero-order valence-corrected chi connectivity index (χ0v) is 11.7. The molecule has 0 spiro atoms. The first kappa shape index (κ1) is 13.9. The van der Waals surface area contributed by atoms with E-state index in [2.05, 4.69) is 0 Å². The highest BCUT2D eigenvalue weighted by Crippen LogP contribution is 2.19. The minimum atomic E-state index is -0.751. The number of piperidine rings is 1. The Bertz CT molecular complexity index is 439. The van der Waals surface area contributed by atoms with Crippen LogP contribution in [0, 0.1) is 5.92 Å². The molecule has 0 atom stereocenters. The number of amides is 2. The Hall–Kier alpha value is -1.56. The summed E-state index contributed by atoms with van der Waals surface area (Å²) in [6, 6.07) is 1.99. The van der Waals surface area contributed by atoms with Crippen LogP contribution >= 0.6 is 11.3 Å². The molecule has 1 aromatic heterocycles. The third-order valence-electron chi connectivity index (χ3n) is 3.44. The van der Waals surface area contributed by atoms with Crippen molar-refractivity contribution in [3.63, 3.8) is 0 Å². The molecular weight excluding hydrogens is 264 g/mol. The number of urea groups is 1. The summed E-state index contributed by atoms with van der Waals surface area (Å²) in [5.41, 5.74) is 1.13. The molecule has 0 bridgehead atoms. The molecule has 0 aromatic carbocycles. The second-order valence-electron chi connectivity index (χ2n) is 4.87. The van der Waals surface area contributed by atoms with Crippen LogP contribution in [0.5, 0.6) is 0 Å². The number of thiophene rings is 1. The number of aliphatic carboxylic acids is 1. The average molecular weight is 282 g/mol. The van der Waals surface area contributed by atoms with Crippen molar-refractivity contribution in [3.8, 4) is 0 Å². The normalized spacial score (nSPS) is 16.4. The van der Waals surface area contributed by atoms with Crippen molar-refractivity contribution in [1.29, 1.82) is 0 Å². The van der Waals surface area contributed by atoms with Gasteiger partial charge in [0.05, 0.1) is 5.92 Å². The van der Waals surface area contributed by atoms with E-state index in [1.54, 1.807) is 28.2 Å². The number of likely N-dealkylation sites (tertiary alicyclic amines) is 1. The van der Waals surface area contributed by atoms with E-state index < -0.39 is 5.97 Å². The van der Waals surface area contributed by atoms with Gasteiger partial charge >= 0.3 is 12.0 Å². The van der Waals surface area contributed by atoms with Crippen molar-refractivity contribution < 1.29 is 14.7 Å². The summed E-state index contributed by atoms with van der Waals surface area (Å²) in [5, 5.41) is 13.0. The van der Waals surface area contributed by atoms with Gasteiger partial charge in [0.1, 0.15) is 0 Å². The average Bonchev–Trinajstić information content (AvgIpc) is 2.90. The minimum absolute atomic E-state index is 0.0185. The summed E-state index contributed by atoms with van der Waals surface area (Å²) in [7, 11) is 1.78. The van der Waals surface area contributed by atoms with Crippen molar-refractivity contribution in [2.24, 2.45) is 5.92 Å². The monoisotopic (exact) mass is 282 g/mol. The molecule has 1 aliphatic heterocycles. The fraction of sp³-hybridized carbons (Fsp3) is 0.538.